The average Bonchev–Trinajstić information content (AvgIpc) is 3.08. The highest BCUT2D eigenvalue weighted by Gasteiger charge is 2.41. The van der Waals surface area contributed by atoms with Gasteiger partial charge in [-0.3, -0.25) is 14.4 Å². The van der Waals surface area contributed by atoms with E-state index in [4.69, 9.17) is 0 Å². The third-order valence-corrected chi connectivity index (χ3v) is 5.08. The van der Waals surface area contributed by atoms with Crippen molar-refractivity contribution >= 4 is 5.91 Å². The Morgan fingerprint density at radius 3 is 2.88 bits per heavy atom. The molecule has 1 aromatic carbocycles. The van der Waals surface area contributed by atoms with Gasteiger partial charge in [-0.05, 0) is 23.5 Å². The number of amides is 1. The Kier molecular flexibility index (Phi) is 4.95. The van der Waals surface area contributed by atoms with Crippen molar-refractivity contribution in [3.63, 3.8) is 0 Å². The highest BCUT2D eigenvalue weighted by Crippen LogP contribution is 2.41. The number of nitrogens with zero attached hydrogens (tertiary/aromatic N) is 3. The zero-order chi connectivity index (χ0) is 18.0. The molecule has 0 radical (unpaired) electrons. The molecule has 2 heterocycles. The Morgan fingerprint density at radius 2 is 2.20 bits per heavy atom. The van der Waals surface area contributed by atoms with Crippen LogP contribution in [-0.2, 0) is 18.4 Å². The molecule has 25 heavy (non-hydrogen) atoms. The van der Waals surface area contributed by atoms with E-state index in [1.54, 1.807) is 0 Å². The predicted molar refractivity (Wildman–Crippen MR) is 99.2 cm³/mol. The first-order valence-corrected chi connectivity index (χ1v) is 8.86. The second-order valence-electron chi connectivity index (χ2n) is 7.92. The third-order valence-electron chi connectivity index (χ3n) is 5.08. The van der Waals surface area contributed by atoms with Gasteiger partial charge in [-0.15, -0.1) is 0 Å². The van der Waals surface area contributed by atoms with Crippen LogP contribution in [-0.4, -0.2) is 40.2 Å². The number of rotatable bonds is 5. The van der Waals surface area contributed by atoms with Gasteiger partial charge in [-0.1, -0.05) is 43.7 Å². The normalized spacial score (nSPS) is 19.9. The van der Waals surface area contributed by atoms with Crippen LogP contribution in [0.15, 0.2) is 36.7 Å². The first kappa shape index (κ1) is 17.7. The van der Waals surface area contributed by atoms with Gasteiger partial charge in [-0.25, -0.2) is 0 Å². The Balaban J connectivity index is 1.55. The molecule has 1 aliphatic heterocycles. The molecule has 1 N–H and O–H groups in total. The number of hydrogen-bond acceptors (Lipinski definition) is 3. The van der Waals surface area contributed by atoms with Crippen LogP contribution in [0.2, 0.25) is 0 Å². The van der Waals surface area contributed by atoms with Crippen LogP contribution in [0.5, 0.6) is 0 Å². The lowest BCUT2D eigenvalue weighted by Crippen LogP contribution is -2.36. The fourth-order valence-corrected chi connectivity index (χ4v) is 3.84. The van der Waals surface area contributed by atoms with Gasteiger partial charge in [0.2, 0.25) is 5.91 Å². The fourth-order valence-electron chi connectivity index (χ4n) is 3.84. The van der Waals surface area contributed by atoms with Crippen molar-refractivity contribution in [1.29, 1.82) is 0 Å². The van der Waals surface area contributed by atoms with Crippen molar-refractivity contribution in [1.82, 2.24) is 20.0 Å². The molecule has 1 unspecified atom stereocenters. The van der Waals surface area contributed by atoms with Crippen LogP contribution >= 0.6 is 0 Å². The molecule has 0 aliphatic carbocycles. The van der Waals surface area contributed by atoms with Crippen molar-refractivity contribution in [3.8, 4) is 0 Å². The number of hydrogen-bond donors (Lipinski definition) is 1. The summed E-state index contributed by atoms with van der Waals surface area (Å²) >= 11 is 0. The minimum absolute atomic E-state index is 0.0872. The minimum atomic E-state index is 0.0872. The molecule has 3 rings (SSSR count). The fraction of sp³-hybridized carbons (Fsp3) is 0.500. The maximum atomic E-state index is 12.3. The largest absolute Gasteiger partial charge is 0.351 e. The summed E-state index contributed by atoms with van der Waals surface area (Å²) in [6, 6.07) is 8.25. The van der Waals surface area contributed by atoms with E-state index in [2.05, 4.69) is 54.4 Å². The Bertz CT molecular complexity index is 750. The van der Waals surface area contributed by atoms with E-state index in [9.17, 15) is 4.79 Å². The Hall–Kier alpha value is -2.14. The Morgan fingerprint density at radius 1 is 1.40 bits per heavy atom. The van der Waals surface area contributed by atoms with Gasteiger partial charge in [0.25, 0.3) is 0 Å². The van der Waals surface area contributed by atoms with Crippen molar-refractivity contribution in [2.24, 2.45) is 12.5 Å². The summed E-state index contributed by atoms with van der Waals surface area (Å²) < 4.78 is 1.85. The van der Waals surface area contributed by atoms with Gasteiger partial charge < -0.3 is 5.32 Å². The number of nitrogens with one attached hydrogen (secondary N) is 1. The molecule has 0 spiro atoms. The van der Waals surface area contributed by atoms with Gasteiger partial charge in [-0.2, -0.15) is 5.10 Å². The molecule has 0 saturated carbocycles. The van der Waals surface area contributed by atoms with Crippen LogP contribution < -0.4 is 5.32 Å². The first-order chi connectivity index (χ1) is 11.8. The number of benzene rings is 1. The molecule has 1 aliphatic rings. The summed E-state index contributed by atoms with van der Waals surface area (Å²) in [5.74, 6) is 0.495. The number of aromatic nitrogens is 2. The van der Waals surface area contributed by atoms with Crippen LogP contribution in [0.25, 0.3) is 0 Å². The SMILES string of the molecule is Cc1cccc(CNC(=O)CN2CC(c3cnn(C)c3)C(C)(C)C2)c1. The van der Waals surface area contributed by atoms with E-state index >= 15 is 0 Å². The lowest BCUT2D eigenvalue weighted by atomic mass is 9.79. The zero-order valence-electron chi connectivity index (χ0n) is 15.6. The minimum Gasteiger partial charge on any atom is -0.351 e. The predicted octanol–water partition coefficient (Wildman–Crippen LogP) is 2.47. The van der Waals surface area contributed by atoms with E-state index in [1.807, 2.05) is 30.1 Å². The highest BCUT2D eigenvalue weighted by atomic mass is 16.2. The highest BCUT2D eigenvalue weighted by molar-refractivity contribution is 5.78. The van der Waals surface area contributed by atoms with Crippen LogP contribution in [0.3, 0.4) is 0 Å². The molecule has 1 atom stereocenters. The summed E-state index contributed by atoms with van der Waals surface area (Å²) in [5.41, 5.74) is 3.76. The standard InChI is InChI=1S/C20H28N4O/c1-15-6-5-7-16(8-15)9-21-19(25)13-24-12-18(20(2,3)14-24)17-10-22-23(4)11-17/h5-8,10-11,18H,9,12-14H2,1-4H3,(H,21,25). The van der Waals surface area contributed by atoms with E-state index in [-0.39, 0.29) is 11.3 Å². The summed E-state index contributed by atoms with van der Waals surface area (Å²) in [7, 11) is 1.95. The van der Waals surface area contributed by atoms with Crippen LogP contribution in [0.1, 0.15) is 36.5 Å². The van der Waals surface area contributed by atoms with Crippen LogP contribution in [0, 0.1) is 12.3 Å². The van der Waals surface area contributed by atoms with Gasteiger partial charge in [0.1, 0.15) is 0 Å². The molecule has 1 fully saturated rings. The second kappa shape index (κ2) is 7.00. The smallest absolute Gasteiger partial charge is 0.234 e. The van der Waals surface area contributed by atoms with Crippen molar-refractivity contribution in [2.75, 3.05) is 19.6 Å². The maximum absolute atomic E-state index is 12.3. The molecule has 1 aromatic heterocycles. The number of carbonyl (C=O) groups is 1. The first-order valence-electron chi connectivity index (χ1n) is 8.86. The number of carbonyl (C=O) groups excluding carboxylic acids is 1. The molecule has 0 bridgehead atoms. The average molecular weight is 340 g/mol. The zero-order valence-corrected chi connectivity index (χ0v) is 15.6. The summed E-state index contributed by atoms with van der Waals surface area (Å²) in [6.07, 6.45) is 4.04. The molecule has 1 saturated heterocycles. The number of likely N-dealkylation sites (tertiary alicyclic amines) is 1. The lowest BCUT2D eigenvalue weighted by molar-refractivity contribution is -0.122. The second-order valence-corrected chi connectivity index (χ2v) is 7.92. The monoisotopic (exact) mass is 340 g/mol. The van der Waals surface area contributed by atoms with Crippen molar-refractivity contribution in [2.45, 2.75) is 33.2 Å². The van der Waals surface area contributed by atoms with E-state index in [0.717, 1.165) is 18.7 Å². The van der Waals surface area contributed by atoms with Gasteiger partial charge in [0.15, 0.2) is 0 Å². The quantitative estimate of drug-likeness (QED) is 0.910. The molecule has 1 amide bonds. The Labute approximate surface area is 150 Å². The van der Waals surface area contributed by atoms with Gasteiger partial charge >= 0.3 is 0 Å². The molecule has 5 nitrogen and oxygen atoms in total. The van der Waals surface area contributed by atoms with E-state index in [0.29, 0.717) is 19.0 Å². The number of aryl methyl sites for hydroxylation is 2. The lowest BCUT2D eigenvalue weighted by Gasteiger charge is -2.24. The van der Waals surface area contributed by atoms with Crippen molar-refractivity contribution < 1.29 is 4.79 Å². The third kappa shape index (κ3) is 4.28. The summed E-state index contributed by atoms with van der Waals surface area (Å²) in [4.78, 5) is 14.6. The molecular weight excluding hydrogens is 312 g/mol. The molecular formula is C20H28N4O. The molecule has 5 heteroatoms. The van der Waals surface area contributed by atoms with Crippen molar-refractivity contribution in [3.05, 3.63) is 53.3 Å². The topological polar surface area (TPSA) is 50.2 Å². The van der Waals surface area contributed by atoms with Gasteiger partial charge in [0, 0.05) is 38.8 Å². The molecule has 134 valence electrons. The van der Waals surface area contributed by atoms with Gasteiger partial charge in [0.05, 0.1) is 12.7 Å². The van der Waals surface area contributed by atoms with E-state index in [1.165, 1.54) is 11.1 Å². The molecule has 2 aromatic rings. The van der Waals surface area contributed by atoms with Crippen LogP contribution in [0.4, 0.5) is 0 Å². The maximum Gasteiger partial charge on any atom is 0.234 e. The van der Waals surface area contributed by atoms with E-state index < -0.39 is 0 Å². The summed E-state index contributed by atoms with van der Waals surface area (Å²) in [5, 5.41) is 7.34. The summed E-state index contributed by atoms with van der Waals surface area (Å²) in [6.45, 7) is 9.47.